The predicted molar refractivity (Wildman–Crippen MR) is 83.9 cm³/mol. The summed E-state index contributed by atoms with van der Waals surface area (Å²) in [5.74, 6) is 0.596. The predicted octanol–water partition coefficient (Wildman–Crippen LogP) is 5.72. The Morgan fingerprint density at radius 1 is 0.842 bits per heavy atom. The van der Waals surface area contributed by atoms with Gasteiger partial charge in [-0.3, -0.25) is 0 Å². The van der Waals surface area contributed by atoms with Gasteiger partial charge < -0.3 is 0 Å². The molecule has 19 heavy (non-hydrogen) atoms. The highest BCUT2D eigenvalue weighted by molar-refractivity contribution is 6.20. The van der Waals surface area contributed by atoms with Crippen molar-refractivity contribution in [2.75, 3.05) is 0 Å². The molecule has 100 valence electrons. The Balaban J connectivity index is 1.92. The number of alkyl halides is 1. The Bertz CT molecular complexity index is 485. The molecule has 0 nitrogen and oxygen atoms in total. The van der Waals surface area contributed by atoms with Crippen molar-refractivity contribution in [3.8, 4) is 0 Å². The third-order valence-electron chi connectivity index (χ3n) is 3.49. The second kappa shape index (κ2) is 6.77. The minimum Gasteiger partial charge on any atom is -0.118 e. The van der Waals surface area contributed by atoms with Crippen LogP contribution in [-0.2, 0) is 6.42 Å². The highest BCUT2D eigenvalue weighted by Crippen LogP contribution is 2.26. The van der Waals surface area contributed by atoms with Gasteiger partial charge >= 0.3 is 0 Å². The van der Waals surface area contributed by atoms with E-state index in [9.17, 15) is 0 Å². The summed E-state index contributed by atoms with van der Waals surface area (Å²) in [6.07, 6.45) is 2.01. The van der Waals surface area contributed by atoms with Crippen LogP contribution in [0.5, 0.6) is 0 Å². The standard InChI is InChI=1S/C18H21Cl/c1-14(2)16-11-8-15(9-12-16)10-13-18(19)17-6-4-3-5-7-17/h3-9,11-12,14,18H,10,13H2,1-2H3. The molecule has 0 radical (unpaired) electrons. The molecule has 2 aromatic carbocycles. The number of aryl methyl sites for hydroxylation is 1. The summed E-state index contributed by atoms with van der Waals surface area (Å²) < 4.78 is 0. The fourth-order valence-electron chi connectivity index (χ4n) is 2.19. The van der Waals surface area contributed by atoms with Crippen LogP contribution in [0.25, 0.3) is 0 Å². The fraction of sp³-hybridized carbons (Fsp3) is 0.333. The molecule has 0 heterocycles. The summed E-state index contributed by atoms with van der Waals surface area (Å²) in [4.78, 5) is 0. The maximum absolute atomic E-state index is 6.44. The van der Waals surface area contributed by atoms with E-state index in [4.69, 9.17) is 11.6 Å². The van der Waals surface area contributed by atoms with Crippen LogP contribution in [-0.4, -0.2) is 0 Å². The Morgan fingerprint density at radius 3 is 2.05 bits per heavy atom. The zero-order chi connectivity index (χ0) is 13.7. The number of hydrogen-bond acceptors (Lipinski definition) is 0. The van der Waals surface area contributed by atoms with Crippen LogP contribution in [0.2, 0.25) is 0 Å². The van der Waals surface area contributed by atoms with Gasteiger partial charge in [0.05, 0.1) is 5.38 Å². The van der Waals surface area contributed by atoms with Gasteiger partial charge in [-0.05, 0) is 35.4 Å². The molecule has 0 saturated heterocycles. The van der Waals surface area contributed by atoms with Crippen LogP contribution in [0.4, 0.5) is 0 Å². The van der Waals surface area contributed by atoms with Crippen LogP contribution in [0.1, 0.15) is 48.3 Å². The van der Waals surface area contributed by atoms with Crippen LogP contribution in [0.3, 0.4) is 0 Å². The highest BCUT2D eigenvalue weighted by Gasteiger charge is 2.07. The number of rotatable bonds is 5. The summed E-state index contributed by atoms with van der Waals surface area (Å²) in [7, 11) is 0. The van der Waals surface area contributed by atoms with Gasteiger partial charge in [-0.25, -0.2) is 0 Å². The number of benzene rings is 2. The first-order valence-electron chi connectivity index (χ1n) is 6.94. The first-order valence-corrected chi connectivity index (χ1v) is 7.38. The van der Waals surface area contributed by atoms with Gasteiger partial charge in [0.2, 0.25) is 0 Å². The molecule has 1 heteroatoms. The second-order valence-electron chi connectivity index (χ2n) is 5.31. The molecule has 0 aliphatic heterocycles. The van der Waals surface area contributed by atoms with Gasteiger partial charge in [-0.2, -0.15) is 0 Å². The van der Waals surface area contributed by atoms with Crippen LogP contribution in [0, 0.1) is 0 Å². The lowest BCUT2D eigenvalue weighted by Gasteiger charge is -2.11. The Hall–Kier alpha value is -1.27. The van der Waals surface area contributed by atoms with Crippen molar-refractivity contribution in [3.63, 3.8) is 0 Å². The topological polar surface area (TPSA) is 0 Å². The lowest BCUT2D eigenvalue weighted by Crippen LogP contribution is -1.94. The quantitative estimate of drug-likeness (QED) is 0.611. The zero-order valence-corrected chi connectivity index (χ0v) is 12.4. The third kappa shape index (κ3) is 4.11. The maximum atomic E-state index is 6.44. The Kier molecular flexibility index (Phi) is 5.04. The van der Waals surface area contributed by atoms with Gasteiger partial charge in [0.25, 0.3) is 0 Å². The van der Waals surface area contributed by atoms with Crippen molar-refractivity contribution in [2.24, 2.45) is 0 Å². The Labute approximate surface area is 121 Å². The zero-order valence-electron chi connectivity index (χ0n) is 11.6. The second-order valence-corrected chi connectivity index (χ2v) is 5.84. The normalized spacial score (nSPS) is 12.6. The molecule has 0 saturated carbocycles. The van der Waals surface area contributed by atoms with Crippen LogP contribution in [0.15, 0.2) is 54.6 Å². The molecule has 0 aliphatic carbocycles. The molecule has 0 bridgehead atoms. The minimum atomic E-state index is 0.103. The van der Waals surface area contributed by atoms with Gasteiger partial charge in [0, 0.05) is 0 Å². The molecule has 2 rings (SSSR count). The first kappa shape index (κ1) is 14.1. The molecular weight excluding hydrogens is 252 g/mol. The van der Waals surface area contributed by atoms with E-state index in [0.717, 1.165) is 12.8 Å². The molecule has 0 fully saturated rings. The van der Waals surface area contributed by atoms with E-state index in [1.165, 1.54) is 16.7 Å². The van der Waals surface area contributed by atoms with E-state index in [-0.39, 0.29) is 5.38 Å². The van der Waals surface area contributed by atoms with Crippen molar-refractivity contribution in [3.05, 3.63) is 71.3 Å². The third-order valence-corrected chi connectivity index (χ3v) is 3.96. The van der Waals surface area contributed by atoms with Gasteiger partial charge in [-0.1, -0.05) is 68.4 Å². The summed E-state index contributed by atoms with van der Waals surface area (Å²) in [5.41, 5.74) is 3.98. The summed E-state index contributed by atoms with van der Waals surface area (Å²) in [6.45, 7) is 4.44. The van der Waals surface area contributed by atoms with E-state index >= 15 is 0 Å². The van der Waals surface area contributed by atoms with Crippen molar-refractivity contribution in [1.29, 1.82) is 0 Å². The molecule has 0 N–H and O–H groups in total. The van der Waals surface area contributed by atoms with Gasteiger partial charge in [0.15, 0.2) is 0 Å². The molecule has 0 amide bonds. The van der Waals surface area contributed by atoms with Gasteiger partial charge in [-0.15, -0.1) is 11.6 Å². The van der Waals surface area contributed by atoms with Crippen molar-refractivity contribution >= 4 is 11.6 Å². The average molecular weight is 273 g/mol. The first-order chi connectivity index (χ1) is 9.16. The van der Waals surface area contributed by atoms with E-state index in [1.54, 1.807) is 0 Å². The molecule has 2 aromatic rings. The number of hydrogen-bond donors (Lipinski definition) is 0. The monoisotopic (exact) mass is 272 g/mol. The minimum absolute atomic E-state index is 0.103. The smallest absolute Gasteiger partial charge is 0.0588 e. The largest absolute Gasteiger partial charge is 0.118 e. The lowest BCUT2D eigenvalue weighted by atomic mass is 9.99. The van der Waals surface area contributed by atoms with Crippen molar-refractivity contribution < 1.29 is 0 Å². The van der Waals surface area contributed by atoms with Crippen LogP contribution < -0.4 is 0 Å². The molecule has 0 aliphatic rings. The van der Waals surface area contributed by atoms with E-state index in [1.807, 2.05) is 18.2 Å². The van der Waals surface area contributed by atoms with Gasteiger partial charge in [0.1, 0.15) is 0 Å². The lowest BCUT2D eigenvalue weighted by molar-refractivity contribution is 0.791. The van der Waals surface area contributed by atoms with E-state index in [0.29, 0.717) is 5.92 Å². The fourth-order valence-corrected chi connectivity index (χ4v) is 2.45. The summed E-state index contributed by atoms with van der Waals surface area (Å²) >= 11 is 6.44. The van der Waals surface area contributed by atoms with E-state index in [2.05, 4.69) is 50.2 Å². The molecule has 0 aromatic heterocycles. The molecule has 1 atom stereocenters. The average Bonchev–Trinajstić information content (AvgIpc) is 2.46. The van der Waals surface area contributed by atoms with E-state index < -0.39 is 0 Å². The SMILES string of the molecule is CC(C)c1ccc(CCC(Cl)c2ccccc2)cc1. The Morgan fingerprint density at radius 2 is 1.47 bits per heavy atom. The summed E-state index contributed by atoms with van der Waals surface area (Å²) in [6, 6.07) is 19.2. The molecule has 1 unspecified atom stereocenters. The van der Waals surface area contributed by atoms with Crippen LogP contribution >= 0.6 is 11.6 Å². The molecular formula is C18H21Cl. The highest BCUT2D eigenvalue weighted by atomic mass is 35.5. The van der Waals surface area contributed by atoms with Crippen molar-refractivity contribution in [1.82, 2.24) is 0 Å². The van der Waals surface area contributed by atoms with Crippen molar-refractivity contribution in [2.45, 2.75) is 38.0 Å². The summed E-state index contributed by atoms with van der Waals surface area (Å²) in [5, 5.41) is 0.103. The molecule has 0 spiro atoms. The maximum Gasteiger partial charge on any atom is 0.0588 e. The number of halogens is 1.